The molecule has 0 atom stereocenters. The fourth-order valence-corrected chi connectivity index (χ4v) is 1.82. The van der Waals surface area contributed by atoms with Gasteiger partial charge in [0.25, 0.3) is 0 Å². The number of carbonyl (C=O) groups excluding carboxylic acids is 2. The monoisotopic (exact) mass is 273 g/mol. The van der Waals surface area contributed by atoms with Crippen LogP contribution in [0.1, 0.15) is 17.4 Å². The Balaban J connectivity index is 2.36. The Labute approximate surface area is 108 Å². The van der Waals surface area contributed by atoms with Gasteiger partial charge in [0, 0.05) is 6.54 Å². The number of primary amides is 1. The van der Waals surface area contributed by atoms with Crippen LogP contribution in [-0.4, -0.2) is 43.2 Å². The highest BCUT2D eigenvalue weighted by atomic mass is 32.1. The molecule has 18 heavy (non-hydrogen) atoms. The number of nitrogens with one attached hydrogen (secondary N) is 1. The summed E-state index contributed by atoms with van der Waals surface area (Å²) >= 11 is 1.30. The van der Waals surface area contributed by atoms with Crippen LogP contribution in [0.15, 0.2) is 5.51 Å². The van der Waals surface area contributed by atoms with Crippen molar-refractivity contribution in [2.45, 2.75) is 6.92 Å². The molecule has 3 N–H and O–H groups in total. The standard InChI is InChI=1S/C10H15N3O4S/c1-2-17-10(15)8-9(18-6-13-8)12-3-4-16-5-7(11)14/h6,12H,2-5H2,1H3,(H2,11,14). The van der Waals surface area contributed by atoms with Gasteiger partial charge < -0.3 is 20.5 Å². The second-order valence-electron chi connectivity index (χ2n) is 3.20. The topological polar surface area (TPSA) is 104 Å². The summed E-state index contributed by atoms with van der Waals surface area (Å²) in [6.45, 7) is 2.67. The molecule has 1 aromatic heterocycles. The van der Waals surface area contributed by atoms with Gasteiger partial charge in [-0.25, -0.2) is 9.78 Å². The Morgan fingerprint density at radius 1 is 1.56 bits per heavy atom. The van der Waals surface area contributed by atoms with E-state index in [0.29, 0.717) is 24.8 Å². The lowest BCUT2D eigenvalue weighted by Crippen LogP contribution is -2.20. The summed E-state index contributed by atoms with van der Waals surface area (Å²) in [5.41, 5.74) is 6.73. The van der Waals surface area contributed by atoms with Crippen molar-refractivity contribution < 1.29 is 19.1 Å². The number of aromatic nitrogens is 1. The molecule has 1 amide bonds. The number of hydrogen-bond acceptors (Lipinski definition) is 7. The molecule has 1 aromatic rings. The number of nitrogens with two attached hydrogens (primary N) is 1. The highest BCUT2D eigenvalue weighted by Crippen LogP contribution is 2.20. The van der Waals surface area contributed by atoms with Crippen LogP contribution in [-0.2, 0) is 14.3 Å². The number of amides is 1. The molecule has 0 radical (unpaired) electrons. The van der Waals surface area contributed by atoms with Gasteiger partial charge in [0.15, 0.2) is 5.69 Å². The predicted molar refractivity (Wildman–Crippen MR) is 66.6 cm³/mol. The maximum atomic E-state index is 11.5. The van der Waals surface area contributed by atoms with E-state index in [0.717, 1.165) is 0 Å². The van der Waals surface area contributed by atoms with Crippen molar-refractivity contribution in [1.82, 2.24) is 4.98 Å². The Bertz CT molecular complexity index is 408. The molecule has 1 heterocycles. The van der Waals surface area contributed by atoms with Gasteiger partial charge in [-0.1, -0.05) is 0 Å². The van der Waals surface area contributed by atoms with Crippen molar-refractivity contribution >= 4 is 28.2 Å². The Hall–Kier alpha value is -1.67. The summed E-state index contributed by atoms with van der Waals surface area (Å²) in [4.78, 5) is 25.8. The van der Waals surface area contributed by atoms with Gasteiger partial charge >= 0.3 is 5.97 Å². The molecular weight excluding hydrogens is 258 g/mol. The second-order valence-corrected chi connectivity index (χ2v) is 4.05. The van der Waals surface area contributed by atoms with Gasteiger partial charge in [0.2, 0.25) is 5.91 Å². The van der Waals surface area contributed by atoms with Crippen LogP contribution in [0.25, 0.3) is 0 Å². The summed E-state index contributed by atoms with van der Waals surface area (Å²) in [5, 5.41) is 3.61. The minimum absolute atomic E-state index is 0.116. The van der Waals surface area contributed by atoms with Crippen LogP contribution in [0, 0.1) is 0 Å². The highest BCUT2D eigenvalue weighted by molar-refractivity contribution is 7.14. The molecule has 0 spiro atoms. The quantitative estimate of drug-likeness (QED) is 0.519. The van der Waals surface area contributed by atoms with E-state index in [1.165, 1.54) is 11.3 Å². The van der Waals surface area contributed by atoms with E-state index in [1.54, 1.807) is 12.4 Å². The number of carbonyl (C=O) groups is 2. The molecule has 0 saturated carbocycles. The zero-order valence-electron chi connectivity index (χ0n) is 9.97. The van der Waals surface area contributed by atoms with E-state index in [9.17, 15) is 9.59 Å². The number of ether oxygens (including phenoxy) is 2. The van der Waals surface area contributed by atoms with Gasteiger partial charge in [-0.05, 0) is 6.92 Å². The number of thiazole rings is 1. The van der Waals surface area contributed by atoms with Crippen molar-refractivity contribution in [3.8, 4) is 0 Å². The van der Waals surface area contributed by atoms with Crippen molar-refractivity contribution in [2.75, 3.05) is 31.7 Å². The van der Waals surface area contributed by atoms with Crippen molar-refractivity contribution in [2.24, 2.45) is 5.73 Å². The predicted octanol–water partition coefficient (Wildman–Crippen LogP) is 0.234. The number of anilines is 1. The lowest BCUT2D eigenvalue weighted by atomic mass is 10.4. The minimum Gasteiger partial charge on any atom is -0.461 e. The van der Waals surface area contributed by atoms with Crippen molar-refractivity contribution in [1.29, 1.82) is 0 Å². The van der Waals surface area contributed by atoms with Crippen LogP contribution in [0.5, 0.6) is 0 Å². The molecule has 0 aliphatic rings. The molecule has 0 bridgehead atoms. The van der Waals surface area contributed by atoms with Crippen molar-refractivity contribution in [3.05, 3.63) is 11.2 Å². The van der Waals surface area contributed by atoms with E-state index in [4.69, 9.17) is 15.2 Å². The Kier molecular flexibility index (Phi) is 6.09. The first-order valence-electron chi connectivity index (χ1n) is 5.35. The van der Waals surface area contributed by atoms with Gasteiger partial charge in [-0.3, -0.25) is 4.79 Å². The number of esters is 1. The Morgan fingerprint density at radius 2 is 2.33 bits per heavy atom. The van der Waals surface area contributed by atoms with E-state index in [1.807, 2.05) is 0 Å². The fraction of sp³-hybridized carbons (Fsp3) is 0.500. The van der Waals surface area contributed by atoms with Crippen LogP contribution >= 0.6 is 11.3 Å². The maximum absolute atomic E-state index is 11.5. The van der Waals surface area contributed by atoms with Gasteiger partial charge in [0.1, 0.15) is 11.6 Å². The van der Waals surface area contributed by atoms with E-state index < -0.39 is 11.9 Å². The first kappa shape index (κ1) is 14.4. The first-order chi connectivity index (χ1) is 8.65. The molecule has 0 saturated heterocycles. The van der Waals surface area contributed by atoms with E-state index in [2.05, 4.69) is 10.3 Å². The summed E-state index contributed by atoms with van der Waals surface area (Å²) < 4.78 is 9.83. The van der Waals surface area contributed by atoms with E-state index in [-0.39, 0.29) is 12.3 Å². The average molecular weight is 273 g/mol. The van der Waals surface area contributed by atoms with E-state index >= 15 is 0 Å². The molecule has 7 nitrogen and oxygen atoms in total. The molecule has 1 rings (SSSR count). The maximum Gasteiger partial charge on any atom is 0.360 e. The zero-order chi connectivity index (χ0) is 13.4. The minimum atomic E-state index is -0.514. The zero-order valence-corrected chi connectivity index (χ0v) is 10.8. The van der Waals surface area contributed by atoms with Crippen LogP contribution in [0.3, 0.4) is 0 Å². The van der Waals surface area contributed by atoms with Gasteiger partial charge in [-0.15, -0.1) is 11.3 Å². The number of nitrogens with zero attached hydrogens (tertiary/aromatic N) is 1. The third kappa shape index (κ3) is 4.68. The number of hydrogen-bond donors (Lipinski definition) is 2. The van der Waals surface area contributed by atoms with Gasteiger partial charge in [0.05, 0.1) is 18.7 Å². The molecule has 0 aliphatic heterocycles. The lowest BCUT2D eigenvalue weighted by molar-refractivity contribution is -0.122. The summed E-state index contributed by atoms with van der Waals surface area (Å²) in [7, 11) is 0. The highest BCUT2D eigenvalue weighted by Gasteiger charge is 2.15. The largest absolute Gasteiger partial charge is 0.461 e. The molecule has 100 valence electrons. The molecule has 0 fully saturated rings. The summed E-state index contributed by atoms with van der Waals surface area (Å²) in [6, 6.07) is 0. The van der Waals surface area contributed by atoms with Gasteiger partial charge in [-0.2, -0.15) is 0 Å². The van der Waals surface area contributed by atoms with Crippen LogP contribution < -0.4 is 11.1 Å². The molecule has 0 unspecified atom stereocenters. The average Bonchev–Trinajstić information content (AvgIpc) is 2.77. The second kappa shape index (κ2) is 7.62. The number of rotatable bonds is 8. The van der Waals surface area contributed by atoms with Crippen molar-refractivity contribution in [3.63, 3.8) is 0 Å². The Morgan fingerprint density at radius 3 is 3.00 bits per heavy atom. The SMILES string of the molecule is CCOC(=O)c1ncsc1NCCOCC(N)=O. The normalized spacial score (nSPS) is 10.1. The smallest absolute Gasteiger partial charge is 0.360 e. The first-order valence-corrected chi connectivity index (χ1v) is 6.23. The summed E-state index contributed by atoms with van der Waals surface area (Å²) in [5.74, 6) is -0.973. The van der Waals surface area contributed by atoms with Crippen LogP contribution in [0.2, 0.25) is 0 Å². The molecule has 8 heteroatoms. The lowest BCUT2D eigenvalue weighted by Gasteiger charge is -2.06. The molecular formula is C10H15N3O4S. The third-order valence-electron chi connectivity index (χ3n) is 1.81. The third-order valence-corrected chi connectivity index (χ3v) is 2.60. The fourth-order valence-electron chi connectivity index (χ4n) is 1.13. The molecule has 0 aromatic carbocycles. The summed E-state index contributed by atoms with van der Waals surface area (Å²) in [6.07, 6.45) is 0. The van der Waals surface area contributed by atoms with Crippen LogP contribution in [0.4, 0.5) is 5.00 Å². The molecule has 0 aliphatic carbocycles.